The van der Waals surface area contributed by atoms with Crippen molar-refractivity contribution >= 4 is 51.5 Å². The topological polar surface area (TPSA) is 111 Å². The van der Waals surface area contributed by atoms with Crippen molar-refractivity contribution in [1.82, 2.24) is 10.2 Å². The number of hydrogen-bond donors (Lipinski definition) is 2. The maximum Gasteiger partial charge on any atom is 0.277 e. The Bertz CT molecular complexity index is 908. The molecule has 10 heteroatoms. The van der Waals surface area contributed by atoms with Gasteiger partial charge in [0.15, 0.2) is 0 Å². The molecule has 7 nitrogen and oxygen atoms in total. The van der Waals surface area contributed by atoms with Gasteiger partial charge in [-0.3, -0.25) is 9.59 Å². The maximum absolute atomic E-state index is 12.0. The SMILES string of the molecule is NC(=O)c1ccsc1NC(=O)CSc1nnc(-c2ccc(Cl)cc2)o1. The summed E-state index contributed by atoms with van der Waals surface area (Å²) in [4.78, 5) is 23.2. The predicted octanol–water partition coefficient (Wildman–Crippen LogP) is 3.28. The number of halogens is 1. The number of nitrogens with zero attached hydrogens (tertiary/aromatic N) is 2. The minimum Gasteiger partial charge on any atom is -0.411 e. The van der Waals surface area contributed by atoms with Gasteiger partial charge in [0, 0.05) is 10.6 Å². The first-order valence-corrected chi connectivity index (χ1v) is 9.16. The van der Waals surface area contributed by atoms with E-state index in [0.29, 0.717) is 15.9 Å². The number of primary amides is 1. The average Bonchev–Trinajstić information content (AvgIpc) is 3.23. The largest absolute Gasteiger partial charge is 0.411 e. The molecule has 0 fully saturated rings. The first-order valence-electron chi connectivity index (χ1n) is 6.92. The number of carbonyl (C=O) groups is 2. The lowest BCUT2D eigenvalue weighted by molar-refractivity contribution is -0.113. The molecule has 0 aliphatic rings. The van der Waals surface area contributed by atoms with Crippen LogP contribution >= 0.6 is 34.7 Å². The lowest BCUT2D eigenvalue weighted by Crippen LogP contribution is -2.17. The molecule has 0 unspecified atom stereocenters. The molecular formula is C15H11ClN4O3S2. The van der Waals surface area contributed by atoms with Crippen LogP contribution in [0.1, 0.15) is 10.4 Å². The molecule has 0 aliphatic heterocycles. The summed E-state index contributed by atoms with van der Waals surface area (Å²) in [5.74, 6) is -0.498. The molecule has 0 aliphatic carbocycles. The number of amides is 2. The van der Waals surface area contributed by atoms with E-state index in [0.717, 1.165) is 17.3 Å². The van der Waals surface area contributed by atoms with Crippen molar-refractivity contribution in [3.8, 4) is 11.5 Å². The monoisotopic (exact) mass is 394 g/mol. The van der Waals surface area contributed by atoms with Gasteiger partial charge in [-0.25, -0.2) is 0 Å². The summed E-state index contributed by atoms with van der Waals surface area (Å²) >= 11 is 8.15. The molecule has 0 saturated heterocycles. The van der Waals surface area contributed by atoms with Crippen LogP contribution in [0.5, 0.6) is 0 Å². The summed E-state index contributed by atoms with van der Waals surface area (Å²) < 4.78 is 5.50. The number of rotatable bonds is 6. The van der Waals surface area contributed by atoms with E-state index in [9.17, 15) is 9.59 Å². The second kappa shape index (κ2) is 7.68. The third-order valence-electron chi connectivity index (χ3n) is 3.01. The van der Waals surface area contributed by atoms with Gasteiger partial charge >= 0.3 is 0 Å². The number of nitrogens with one attached hydrogen (secondary N) is 1. The van der Waals surface area contributed by atoms with Crippen molar-refractivity contribution in [2.75, 3.05) is 11.1 Å². The number of hydrogen-bond acceptors (Lipinski definition) is 7. The Labute approximate surface area is 155 Å². The summed E-state index contributed by atoms with van der Waals surface area (Å²) in [7, 11) is 0. The van der Waals surface area contributed by atoms with E-state index in [4.69, 9.17) is 21.8 Å². The highest BCUT2D eigenvalue weighted by molar-refractivity contribution is 7.99. The smallest absolute Gasteiger partial charge is 0.277 e. The third-order valence-corrected chi connectivity index (χ3v) is 4.91. The second-order valence-electron chi connectivity index (χ2n) is 4.74. The van der Waals surface area contributed by atoms with Crippen LogP contribution in [0.15, 0.2) is 45.4 Å². The van der Waals surface area contributed by atoms with Gasteiger partial charge in [0.2, 0.25) is 11.8 Å². The van der Waals surface area contributed by atoms with Crippen molar-refractivity contribution in [2.45, 2.75) is 5.22 Å². The number of benzene rings is 1. The maximum atomic E-state index is 12.0. The van der Waals surface area contributed by atoms with Gasteiger partial charge in [0.25, 0.3) is 11.1 Å². The van der Waals surface area contributed by atoms with Gasteiger partial charge in [-0.15, -0.1) is 21.5 Å². The lowest BCUT2D eigenvalue weighted by Gasteiger charge is -2.02. The Balaban J connectivity index is 1.58. The highest BCUT2D eigenvalue weighted by Crippen LogP contribution is 2.26. The molecule has 1 aromatic carbocycles. The molecule has 2 amide bonds. The number of thioether (sulfide) groups is 1. The first-order chi connectivity index (χ1) is 12.0. The normalized spacial score (nSPS) is 10.6. The van der Waals surface area contributed by atoms with E-state index in [1.165, 1.54) is 11.3 Å². The molecule has 3 rings (SSSR count). The zero-order chi connectivity index (χ0) is 17.8. The third kappa shape index (κ3) is 4.38. The molecule has 0 atom stereocenters. The standard InChI is InChI=1S/C15H11ClN4O3S2/c16-9-3-1-8(2-4-9)13-19-20-15(23-13)25-7-11(21)18-14-10(12(17)22)5-6-24-14/h1-6H,7H2,(H2,17,22)(H,18,21). The molecule has 25 heavy (non-hydrogen) atoms. The summed E-state index contributed by atoms with van der Waals surface area (Å²) in [6.07, 6.45) is 0. The van der Waals surface area contributed by atoms with Gasteiger partial charge in [-0.1, -0.05) is 23.4 Å². The van der Waals surface area contributed by atoms with Gasteiger partial charge < -0.3 is 15.5 Å². The Morgan fingerprint density at radius 2 is 2.00 bits per heavy atom. The number of nitrogens with two attached hydrogens (primary N) is 1. The molecule has 128 valence electrons. The van der Waals surface area contributed by atoms with Crippen molar-refractivity contribution < 1.29 is 14.0 Å². The van der Waals surface area contributed by atoms with Crippen molar-refractivity contribution in [3.05, 3.63) is 46.3 Å². The average molecular weight is 395 g/mol. The van der Waals surface area contributed by atoms with E-state index < -0.39 is 5.91 Å². The van der Waals surface area contributed by atoms with Gasteiger partial charge in [0.05, 0.1) is 11.3 Å². The Hall–Kier alpha value is -2.36. The van der Waals surface area contributed by atoms with Crippen molar-refractivity contribution in [2.24, 2.45) is 5.73 Å². The molecule has 0 saturated carbocycles. The fourth-order valence-electron chi connectivity index (χ4n) is 1.87. The highest BCUT2D eigenvalue weighted by atomic mass is 35.5. The minimum absolute atomic E-state index is 0.0539. The van der Waals surface area contributed by atoms with E-state index in [1.807, 2.05) is 0 Å². The van der Waals surface area contributed by atoms with E-state index >= 15 is 0 Å². The van der Waals surface area contributed by atoms with E-state index in [2.05, 4.69) is 15.5 Å². The zero-order valence-electron chi connectivity index (χ0n) is 12.6. The Kier molecular flexibility index (Phi) is 5.37. The van der Waals surface area contributed by atoms with Gasteiger partial charge in [-0.05, 0) is 35.7 Å². The van der Waals surface area contributed by atoms with Crippen LogP contribution in [0, 0.1) is 0 Å². The van der Waals surface area contributed by atoms with Crippen molar-refractivity contribution in [3.63, 3.8) is 0 Å². The minimum atomic E-state index is -0.589. The van der Waals surface area contributed by atoms with Crippen LogP contribution < -0.4 is 11.1 Å². The number of anilines is 1. The quantitative estimate of drug-likeness (QED) is 0.620. The van der Waals surface area contributed by atoms with Crippen LogP contribution in [0.3, 0.4) is 0 Å². The fraction of sp³-hybridized carbons (Fsp3) is 0.0667. The molecule has 0 radical (unpaired) electrons. The van der Waals surface area contributed by atoms with Crippen LogP contribution in [-0.4, -0.2) is 27.8 Å². The summed E-state index contributed by atoms with van der Waals surface area (Å²) in [6.45, 7) is 0. The molecule has 0 bridgehead atoms. The highest BCUT2D eigenvalue weighted by Gasteiger charge is 2.14. The Morgan fingerprint density at radius 3 is 2.72 bits per heavy atom. The van der Waals surface area contributed by atoms with Crippen molar-refractivity contribution in [1.29, 1.82) is 0 Å². The molecule has 3 N–H and O–H groups in total. The van der Waals surface area contributed by atoms with E-state index in [-0.39, 0.29) is 22.4 Å². The zero-order valence-corrected chi connectivity index (χ0v) is 15.0. The van der Waals surface area contributed by atoms with Crippen LogP contribution in [0.25, 0.3) is 11.5 Å². The molecular weight excluding hydrogens is 384 g/mol. The van der Waals surface area contributed by atoms with Gasteiger partial charge in [-0.2, -0.15) is 0 Å². The number of aromatic nitrogens is 2. The van der Waals surface area contributed by atoms with Gasteiger partial charge in [0.1, 0.15) is 5.00 Å². The summed E-state index contributed by atoms with van der Waals surface area (Å²) in [6, 6.07) is 8.53. The number of thiophene rings is 1. The first kappa shape index (κ1) is 17.5. The predicted molar refractivity (Wildman–Crippen MR) is 96.9 cm³/mol. The number of carbonyl (C=O) groups excluding carboxylic acids is 2. The molecule has 0 spiro atoms. The second-order valence-corrected chi connectivity index (χ2v) is 7.02. The Morgan fingerprint density at radius 1 is 1.24 bits per heavy atom. The van der Waals surface area contributed by atoms with Crippen LogP contribution in [0.2, 0.25) is 5.02 Å². The van der Waals surface area contributed by atoms with Crippen LogP contribution in [-0.2, 0) is 4.79 Å². The lowest BCUT2D eigenvalue weighted by atomic mass is 10.2. The molecule has 2 heterocycles. The summed E-state index contributed by atoms with van der Waals surface area (Å²) in [5.41, 5.74) is 6.25. The fourth-order valence-corrected chi connectivity index (χ4v) is 3.37. The molecule has 2 aromatic heterocycles. The molecule has 3 aromatic rings. The van der Waals surface area contributed by atoms with Crippen LogP contribution in [0.4, 0.5) is 5.00 Å². The van der Waals surface area contributed by atoms with E-state index in [1.54, 1.807) is 35.7 Å². The summed E-state index contributed by atoms with van der Waals surface area (Å²) in [5, 5.41) is 13.4.